The van der Waals surface area contributed by atoms with Crippen molar-refractivity contribution in [3.63, 3.8) is 0 Å². The van der Waals surface area contributed by atoms with E-state index < -0.39 is 0 Å². The Hall–Kier alpha value is -1.74. The van der Waals surface area contributed by atoms with Crippen LogP contribution in [0.1, 0.15) is 54.4 Å². The number of rotatable bonds is 6. The van der Waals surface area contributed by atoms with Crippen molar-refractivity contribution < 1.29 is 0 Å². The van der Waals surface area contributed by atoms with Crippen LogP contribution in [-0.2, 0) is 6.42 Å². The van der Waals surface area contributed by atoms with Crippen molar-refractivity contribution in [3.05, 3.63) is 58.4 Å². The molecule has 0 saturated heterocycles. The molecule has 0 aliphatic heterocycles. The SMILES string of the molecule is CCCNC(c1ccc(C)cc1)c1cc(C)nnc1CC. The first-order valence-electron chi connectivity index (χ1n) is 7.78. The lowest BCUT2D eigenvalue weighted by molar-refractivity contribution is 0.588. The first-order chi connectivity index (χ1) is 10.2. The molecule has 0 radical (unpaired) electrons. The van der Waals surface area contributed by atoms with Gasteiger partial charge in [0.1, 0.15) is 0 Å². The van der Waals surface area contributed by atoms with Gasteiger partial charge in [-0.25, -0.2) is 0 Å². The minimum absolute atomic E-state index is 0.190. The molecule has 2 rings (SSSR count). The summed E-state index contributed by atoms with van der Waals surface area (Å²) >= 11 is 0. The summed E-state index contributed by atoms with van der Waals surface area (Å²) in [5, 5.41) is 12.2. The zero-order valence-corrected chi connectivity index (χ0v) is 13.5. The largest absolute Gasteiger partial charge is 0.306 e. The van der Waals surface area contributed by atoms with Crippen molar-refractivity contribution in [2.45, 2.75) is 46.6 Å². The molecular formula is C18H25N3. The lowest BCUT2D eigenvalue weighted by atomic mass is 9.95. The summed E-state index contributed by atoms with van der Waals surface area (Å²) in [6.45, 7) is 9.43. The summed E-state index contributed by atoms with van der Waals surface area (Å²) in [7, 11) is 0. The summed E-state index contributed by atoms with van der Waals surface area (Å²) < 4.78 is 0. The Labute approximate surface area is 127 Å². The summed E-state index contributed by atoms with van der Waals surface area (Å²) in [4.78, 5) is 0. The Kier molecular flexibility index (Phi) is 5.45. The second-order valence-corrected chi connectivity index (χ2v) is 5.54. The van der Waals surface area contributed by atoms with Gasteiger partial charge in [-0.05, 0) is 50.4 Å². The quantitative estimate of drug-likeness (QED) is 0.877. The molecule has 1 aromatic carbocycles. The number of aryl methyl sites for hydroxylation is 3. The van der Waals surface area contributed by atoms with E-state index in [1.807, 2.05) is 6.92 Å². The van der Waals surface area contributed by atoms with Gasteiger partial charge in [-0.2, -0.15) is 10.2 Å². The van der Waals surface area contributed by atoms with E-state index >= 15 is 0 Å². The van der Waals surface area contributed by atoms with Gasteiger partial charge in [0, 0.05) is 0 Å². The smallest absolute Gasteiger partial charge is 0.0679 e. The van der Waals surface area contributed by atoms with Crippen molar-refractivity contribution in [1.82, 2.24) is 15.5 Å². The van der Waals surface area contributed by atoms with Crippen molar-refractivity contribution in [1.29, 1.82) is 0 Å². The van der Waals surface area contributed by atoms with E-state index in [4.69, 9.17) is 0 Å². The lowest BCUT2D eigenvalue weighted by Gasteiger charge is -2.22. The molecule has 0 bridgehead atoms. The maximum absolute atomic E-state index is 4.38. The van der Waals surface area contributed by atoms with Crippen LogP contribution in [0.3, 0.4) is 0 Å². The Morgan fingerprint density at radius 1 is 1.05 bits per heavy atom. The third-order valence-corrected chi connectivity index (χ3v) is 3.68. The number of aromatic nitrogens is 2. The molecule has 0 saturated carbocycles. The molecule has 1 unspecified atom stereocenters. The Morgan fingerprint density at radius 3 is 2.38 bits per heavy atom. The van der Waals surface area contributed by atoms with E-state index in [-0.39, 0.29) is 6.04 Å². The molecule has 21 heavy (non-hydrogen) atoms. The molecule has 3 heteroatoms. The number of hydrogen-bond acceptors (Lipinski definition) is 3. The minimum atomic E-state index is 0.190. The highest BCUT2D eigenvalue weighted by atomic mass is 15.1. The van der Waals surface area contributed by atoms with E-state index in [0.717, 1.165) is 30.8 Å². The Balaban J connectivity index is 2.44. The fourth-order valence-electron chi connectivity index (χ4n) is 2.51. The Morgan fingerprint density at radius 2 is 1.76 bits per heavy atom. The van der Waals surface area contributed by atoms with Gasteiger partial charge in [-0.3, -0.25) is 0 Å². The number of nitrogens with one attached hydrogen (secondary N) is 1. The van der Waals surface area contributed by atoms with Gasteiger partial charge >= 0.3 is 0 Å². The van der Waals surface area contributed by atoms with Gasteiger partial charge in [0.05, 0.1) is 17.4 Å². The van der Waals surface area contributed by atoms with E-state index in [2.05, 4.69) is 66.6 Å². The molecule has 1 heterocycles. The zero-order chi connectivity index (χ0) is 15.2. The van der Waals surface area contributed by atoms with Crippen LogP contribution < -0.4 is 5.32 Å². The van der Waals surface area contributed by atoms with Gasteiger partial charge < -0.3 is 5.32 Å². The van der Waals surface area contributed by atoms with Gasteiger partial charge in [0.15, 0.2) is 0 Å². The van der Waals surface area contributed by atoms with Gasteiger partial charge in [-0.15, -0.1) is 0 Å². The zero-order valence-electron chi connectivity index (χ0n) is 13.5. The first-order valence-corrected chi connectivity index (χ1v) is 7.78. The second kappa shape index (κ2) is 7.32. The molecule has 0 amide bonds. The normalized spacial score (nSPS) is 12.4. The monoisotopic (exact) mass is 283 g/mol. The minimum Gasteiger partial charge on any atom is -0.306 e. The highest BCUT2D eigenvalue weighted by molar-refractivity contribution is 5.36. The molecule has 0 aliphatic carbocycles. The van der Waals surface area contributed by atoms with Crippen molar-refractivity contribution in [2.24, 2.45) is 0 Å². The Bertz CT molecular complexity index is 576. The molecule has 0 fully saturated rings. The van der Waals surface area contributed by atoms with Crippen LogP contribution in [0.25, 0.3) is 0 Å². The number of nitrogens with zero attached hydrogens (tertiary/aromatic N) is 2. The number of hydrogen-bond donors (Lipinski definition) is 1. The van der Waals surface area contributed by atoms with Crippen molar-refractivity contribution >= 4 is 0 Å². The van der Waals surface area contributed by atoms with Crippen LogP contribution in [0, 0.1) is 13.8 Å². The molecule has 0 aliphatic rings. The van der Waals surface area contributed by atoms with Crippen LogP contribution in [-0.4, -0.2) is 16.7 Å². The molecule has 2 aromatic rings. The third-order valence-electron chi connectivity index (χ3n) is 3.68. The average Bonchev–Trinajstić information content (AvgIpc) is 2.49. The molecule has 0 spiro atoms. The summed E-state index contributed by atoms with van der Waals surface area (Å²) in [6.07, 6.45) is 2.01. The van der Waals surface area contributed by atoms with E-state index in [0.29, 0.717) is 0 Å². The van der Waals surface area contributed by atoms with Crippen LogP contribution >= 0.6 is 0 Å². The van der Waals surface area contributed by atoms with E-state index in [1.165, 1.54) is 16.7 Å². The topological polar surface area (TPSA) is 37.8 Å². The highest BCUT2D eigenvalue weighted by Crippen LogP contribution is 2.25. The maximum Gasteiger partial charge on any atom is 0.0679 e. The molecular weight excluding hydrogens is 258 g/mol. The van der Waals surface area contributed by atoms with Gasteiger partial charge in [-0.1, -0.05) is 43.7 Å². The van der Waals surface area contributed by atoms with Gasteiger partial charge in [0.2, 0.25) is 0 Å². The number of benzene rings is 1. The fraction of sp³-hybridized carbons (Fsp3) is 0.444. The predicted octanol–water partition coefficient (Wildman–Crippen LogP) is 3.74. The summed E-state index contributed by atoms with van der Waals surface area (Å²) in [5.74, 6) is 0. The lowest BCUT2D eigenvalue weighted by Crippen LogP contribution is -2.25. The van der Waals surface area contributed by atoms with E-state index in [9.17, 15) is 0 Å². The molecule has 3 nitrogen and oxygen atoms in total. The molecule has 1 atom stereocenters. The van der Waals surface area contributed by atoms with Crippen molar-refractivity contribution in [3.8, 4) is 0 Å². The second-order valence-electron chi connectivity index (χ2n) is 5.54. The summed E-state index contributed by atoms with van der Waals surface area (Å²) in [6, 6.07) is 11.1. The molecule has 1 aromatic heterocycles. The molecule has 112 valence electrons. The predicted molar refractivity (Wildman–Crippen MR) is 87.5 cm³/mol. The van der Waals surface area contributed by atoms with Crippen molar-refractivity contribution in [2.75, 3.05) is 6.54 Å². The van der Waals surface area contributed by atoms with Crippen LogP contribution in [0.2, 0.25) is 0 Å². The summed E-state index contributed by atoms with van der Waals surface area (Å²) in [5.41, 5.74) is 5.87. The fourth-order valence-corrected chi connectivity index (χ4v) is 2.51. The van der Waals surface area contributed by atoms with Crippen LogP contribution in [0.15, 0.2) is 30.3 Å². The van der Waals surface area contributed by atoms with Crippen LogP contribution in [0.5, 0.6) is 0 Å². The van der Waals surface area contributed by atoms with Crippen LogP contribution in [0.4, 0.5) is 0 Å². The van der Waals surface area contributed by atoms with E-state index in [1.54, 1.807) is 0 Å². The average molecular weight is 283 g/mol. The van der Waals surface area contributed by atoms with Gasteiger partial charge in [0.25, 0.3) is 0 Å². The first kappa shape index (κ1) is 15.6. The maximum atomic E-state index is 4.38. The third kappa shape index (κ3) is 3.88. The molecule has 1 N–H and O–H groups in total. The highest BCUT2D eigenvalue weighted by Gasteiger charge is 2.18. The standard InChI is InChI=1S/C18H25N3/c1-5-11-19-18(15-9-7-13(3)8-10-15)16-12-14(4)20-21-17(16)6-2/h7-10,12,18-19H,5-6,11H2,1-4H3.